The first kappa shape index (κ1) is 16.5. The van der Waals surface area contributed by atoms with Gasteiger partial charge in [0.2, 0.25) is 0 Å². The van der Waals surface area contributed by atoms with E-state index in [1.165, 1.54) is 6.42 Å². The van der Waals surface area contributed by atoms with Crippen molar-refractivity contribution in [3.63, 3.8) is 0 Å². The largest absolute Gasteiger partial charge is 0.481 e. The highest BCUT2D eigenvalue weighted by Crippen LogP contribution is 2.37. The van der Waals surface area contributed by atoms with Gasteiger partial charge in [0.1, 0.15) is 0 Å². The van der Waals surface area contributed by atoms with Crippen molar-refractivity contribution < 1.29 is 9.90 Å². The van der Waals surface area contributed by atoms with Gasteiger partial charge in [-0.2, -0.15) is 0 Å². The standard InChI is InChI=1S/C15H30O2/c1-6-9-15(8-3,14(16)17)11-13(5)10-12(4)7-2/h12-13H,6-11H2,1-5H3,(H,16,17)/t12?,13?,15-/m1/s1. The zero-order chi connectivity index (χ0) is 13.5. The third kappa shape index (κ3) is 5.10. The Balaban J connectivity index is 4.57. The number of rotatable bonds is 9. The third-order valence-corrected chi connectivity index (χ3v) is 4.10. The van der Waals surface area contributed by atoms with Crippen LogP contribution in [-0.4, -0.2) is 11.1 Å². The van der Waals surface area contributed by atoms with E-state index in [2.05, 4.69) is 27.7 Å². The number of hydrogen-bond donors (Lipinski definition) is 1. The maximum absolute atomic E-state index is 11.5. The van der Waals surface area contributed by atoms with Crippen LogP contribution in [0.2, 0.25) is 0 Å². The van der Waals surface area contributed by atoms with Crippen molar-refractivity contribution in [1.29, 1.82) is 0 Å². The fourth-order valence-electron chi connectivity index (χ4n) is 2.85. The van der Waals surface area contributed by atoms with Crippen LogP contribution in [-0.2, 0) is 4.79 Å². The Morgan fingerprint density at radius 1 is 1.18 bits per heavy atom. The molecule has 102 valence electrons. The quantitative estimate of drug-likeness (QED) is 0.634. The van der Waals surface area contributed by atoms with E-state index in [1.54, 1.807) is 0 Å². The van der Waals surface area contributed by atoms with E-state index in [0.717, 1.165) is 32.1 Å². The lowest BCUT2D eigenvalue weighted by molar-refractivity contribution is -0.151. The summed E-state index contributed by atoms with van der Waals surface area (Å²) in [6, 6.07) is 0. The van der Waals surface area contributed by atoms with Gasteiger partial charge < -0.3 is 5.11 Å². The highest BCUT2D eigenvalue weighted by molar-refractivity contribution is 5.74. The minimum Gasteiger partial charge on any atom is -0.481 e. The molecule has 2 heteroatoms. The number of aliphatic carboxylic acids is 1. The van der Waals surface area contributed by atoms with Gasteiger partial charge in [0.05, 0.1) is 5.41 Å². The Morgan fingerprint density at radius 2 is 1.76 bits per heavy atom. The van der Waals surface area contributed by atoms with Gasteiger partial charge in [0, 0.05) is 0 Å². The first-order valence-corrected chi connectivity index (χ1v) is 7.15. The first-order valence-electron chi connectivity index (χ1n) is 7.15. The summed E-state index contributed by atoms with van der Waals surface area (Å²) in [6.45, 7) is 10.8. The van der Waals surface area contributed by atoms with Crippen LogP contribution in [0.4, 0.5) is 0 Å². The summed E-state index contributed by atoms with van der Waals surface area (Å²) in [5, 5.41) is 9.50. The molecule has 2 nitrogen and oxygen atoms in total. The van der Waals surface area contributed by atoms with Crippen LogP contribution in [0.1, 0.15) is 73.1 Å². The van der Waals surface area contributed by atoms with Gasteiger partial charge in [-0.05, 0) is 37.5 Å². The van der Waals surface area contributed by atoms with Gasteiger partial charge in [-0.25, -0.2) is 0 Å². The van der Waals surface area contributed by atoms with Gasteiger partial charge in [0.15, 0.2) is 0 Å². The van der Waals surface area contributed by atoms with E-state index >= 15 is 0 Å². The summed E-state index contributed by atoms with van der Waals surface area (Å²) in [5.74, 6) is 0.611. The Labute approximate surface area is 107 Å². The molecule has 0 saturated carbocycles. The molecule has 0 aromatic heterocycles. The lowest BCUT2D eigenvalue weighted by Gasteiger charge is -2.31. The maximum atomic E-state index is 11.5. The molecule has 0 aliphatic carbocycles. The van der Waals surface area contributed by atoms with E-state index in [4.69, 9.17) is 0 Å². The highest BCUT2D eigenvalue weighted by Gasteiger charge is 2.37. The summed E-state index contributed by atoms with van der Waals surface area (Å²) in [4.78, 5) is 11.5. The molecule has 0 aliphatic heterocycles. The van der Waals surface area contributed by atoms with Crippen LogP contribution in [0.15, 0.2) is 0 Å². The summed E-state index contributed by atoms with van der Waals surface area (Å²) in [5.41, 5.74) is -0.484. The van der Waals surface area contributed by atoms with Crippen molar-refractivity contribution >= 4 is 5.97 Å². The topological polar surface area (TPSA) is 37.3 Å². The van der Waals surface area contributed by atoms with Gasteiger partial charge in [-0.3, -0.25) is 4.79 Å². The Morgan fingerprint density at radius 3 is 2.12 bits per heavy atom. The van der Waals surface area contributed by atoms with Gasteiger partial charge in [-0.1, -0.05) is 47.5 Å². The molecular weight excluding hydrogens is 212 g/mol. The number of carboxylic acids is 1. The summed E-state index contributed by atoms with van der Waals surface area (Å²) >= 11 is 0. The predicted molar refractivity (Wildman–Crippen MR) is 73.1 cm³/mol. The second-order valence-electron chi connectivity index (χ2n) is 5.75. The second kappa shape index (κ2) is 7.73. The van der Waals surface area contributed by atoms with Crippen LogP contribution in [0.25, 0.3) is 0 Å². The predicted octanol–water partition coefficient (Wildman–Crippen LogP) is 4.73. The molecule has 0 fully saturated rings. The van der Waals surface area contributed by atoms with E-state index in [9.17, 15) is 9.90 Å². The van der Waals surface area contributed by atoms with Crippen LogP contribution in [0, 0.1) is 17.3 Å². The lowest BCUT2D eigenvalue weighted by Crippen LogP contribution is -2.32. The Kier molecular flexibility index (Phi) is 7.49. The van der Waals surface area contributed by atoms with Crippen molar-refractivity contribution in [3.05, 3.63) is 0 Å². The van der Waals surface area contributed by atoms with Crippen LogP contribution in [0.3, 0.4) is 0 Å². The SMILES string of the molecule is CCC[C@](CC)(CC(C)CC(C)CC)C(=O)O. The molecule has 3 atom stereocenters. The molecule has 2 unspecified atom stereocenters. The zero-order valence-electron chi connectivity index (χ0n) is 12.3. The van der Waals surface area contributed by atoms with Crippen molar-refractivity contribution in [2.75, 3.05) is 0 Å². The minimum absolute atomic E-state index is 0.484. The highest BCUT2D eigenvalue weighted by atomic mass is 16.4. The van der Waals surface area contributed by atoms with Crippen LogP contribution >= 0.6 is 0 Å². The zero-order valence-corrected chi connectivity index (χ0v) is 12.3. The van der Waals surface area contributed by atoms with Crippen molar-refractivity contribution in [2.45, 2.75) is 73.1 Å². The van der Waals surface area contributed by atoms with Gasteiger partial charge in [-0.15, -0.1) is 0 Å². The molecule has 0 rings (SSSR count). The minimum atomic E-state index is -0.599. The molecule has 0 saturated heterocycles. The van der Waals surface area contributed by atoms with Gasteiger partial charge >= 0.3 is 5.97 Å². The second-order valence-corrected chi connectivity index (χ2v) is 5.75. The molecule has 0 bridgehead atoms. The molecule has 0 aromatic carbocycles. The monoisotopic (exact) mass is 242 g/mol. The van der Waals surface area contributed by atoms with Gasteiger partial charge in [0.25, 0.3) is 0 Å². The van der Waals surface area contributed by atoms with E-state index < -0.39 is 11.4 Å². The number of carboxylic acid groups (broad SMARTS) is 1. The smallest absolute Gasteiger partial charge is 0.309 e. The van der Waals surface area contributed by atoms with Crippen molar-refractivity contribution in [2.24, 2.45) is 17.3 Å². The summed E-state index contributed by atoms with van der Waals surface area (Å²) in [6.07, 6.45) is 5.68. The van der Waals surface area contributed by atoms with Crippen LogP contribution < -0.4 is 0 Å². The molecule has 0 amide bonds. The molecule has 0 spiro atoms. The van der Waals surface area contributed by atoms with E-state index in [1.807, 2.05) is 6.92 Å². The molecule has 17 heavy (non-hydrogen) atoms. The molecule has 0 heterocycles. The molecule has 0 aromatic rings. The average Bonchev–Trinajstić information content (AvgIpc) is 2.27. The van der Waals surface area contributed by atoms with E-state index in [-0.39, 0.29) is 0 Å². The molecule has 0 radical (unpaired) electrons. The van der Waals surface area contributed by atoms with Crippen molar-refractivity contribution in [1.82, 2.24) is 0 Å². The van der Waals surface area contributed by atoms with Crippen molar-refractivity contribution in [3.8, 4) is 0 Å². The number of hydrogen-bond acceptors (Lipinski definition) is 1. The maximum Gasteiger partial charge on any atom is 0.309 e. The first-order chi connectivity index (χ1) is 7.91. The summed E-state index contributed by atoms with van der Waals surface area (Å²) in [7, 11) is 0. The van der Waals surface area contributed by atoms with Crippen LogP contribution in [0.5, 0.6) is 0 Å². The fourth-order valence-corrected chi connectivity index (χ4v) is 2.85. The average molecular weight is 242 g/mol. The number of carbonyl (C=O) groups is 1. The Bertz CT molecular complexity index is 225. The molecule has 1 N–H and O–H groups in total. The third-order valence-electron chi connectivity index (χ3n) is 4.10. The fraction of sp³-hybridized carbons (Fsp3) is 0.933. The Hall–Kier alpha value is -0.530. The summed E-state index contributed by atoms with van der Waals surface area (Å²) < 4.78 is 0. The van der Waals surface area contributed by atoms with E-state index in [0.29, 0.717) is 11.8 Å². The lowest BCUT2D eigenvalue weighted by atomic mass is 9.72. The molecule has 0 aliphatic rings. The normalized spacial score (nSPS) is 18.4. The molecular formula is C15H30O2.